The van der Waals surface area contributed by atoms with Gasteiger partial charge >= 0.3 is 0 Å². The van der Waals surface area contributed by atoms with Gasteiger partial charge in [0, 0.05) is 25.1 Å². The molecule has 2 aliphatic heterocycles. The Morgan fingerprint density at radius 1 is 1.00 bits per heavy atom. The summed E-state index contributed by atoms with van der Waals surface area (Å²) in [6, 6.07) is 18.5. The van der Waals surface area contributed by atoms with E-state index in [2.05, 4.69) is 30.3 Å². The number of ether oxygens (including phenoxy) is 2. The summed E-state index contributed by atoms with van der Waals surface area (Å²) in [5.41, 5.74) is 3.28. The number of fused-ring (bicyclic) bond motifs is 4. The van der Waals surface area contributed by atoms with Crippen LogP contribution in [-0.2, 0) is 4.79 Å². The Kier molecular flexibility index (Phi) is 3.01. The first-order valence-corrected chi connectivity index (χ1v) is 8.40. The zero-order valence-corrected chi connectivity index (χ0v) is 13.9. The number of carbonyl (C=O) groups excluding carboxylic acids is 1. The van der Waals surface area contributed by atoms with E-state index >= 15 is 0 Å². The van der Waals surface area contributed by atoms with Crippen LogP contribution in [0, 0.1) is 0 Å². The molecule has 25 heavy (non-hydrogen) atoms. The molecule has 0 N–H and O–H groups in total. The zero-order valence-electron chi connectivity index (χ0n) is 13.9. The predicted molar refractivity (Wildman–Crippen MR) is 96.4 cm³/mol. The largest absolute Gasteiger partial charge is 0.454 e. The van der Waals surface area contributed by atoms with Gasteiger partial charge in [-0.25, -0.2) is 0 Å². The predicted octanol–water partition coefficient (Wildman–Crippen LogP) is 4.07. The fraction of sp³-hybridized carbons (Fsp3) is 0.190. The van der Waals surface area contributed by atoms with Crippen LogP contribution in [0.1, 0.15) is 23.5 Å². The number of amides is 1. The van der Waals surface area contributed by atoms with Crippen LogP contribution < -0.4 is 14.4 Å². The summed E-state index contributed by atoms with van der Waals surface area (Å²) >= 11 is 0. The Labute approximate surface area is 145 Å². The fourth-order valence-electron chi connectivity index (χ4n) is 3.91. The monoisotopic (exact) mass is 331 g/mol. The molecule has 1 unspecified atom stereocenters. The molecule has 124 valence electrons. The van der Waals surface area contributed by atoms with E-state index in [0.29, 0.717) is 6.42 Å². The average Bonchev–Trinajstić information content (AvgIpc) is 3.12. The molecular weight excluding hydrogens is 314 g/mol. The van der Waals surface area contributed by atoms with Crippen molar-refractivity contribution in [1.82, 2.24) is 0 Å². The number of carbonyl (C=O) groups is 1. The molecule has 4 heteroatoms. The van der Waals surface area contributed by atoms with Gasteiger partial charge in [-0.15, -0.1) is 0 Å². The minimum absolute atomic E-state index is 0.0132. The Morgan fingerprint density at radius 2 is 1.84 bits per heavy atom. The third-order valence-electron chi connectivity index (χ3n) is 5.21. The van der Waals surface area contributed by atoms with E-state index in [1.807, 2.05) is 31.3 Å². The number of nitrogens with zero attached hydrogens (tertiary/aromatic N) is 1. The Balaban J connectivity index is 1.75. The van der Waals surface area contributed by atoms with Crippen molar-refractivity contribution in [2.24, 2.45) is 0 Å². The van der Waals surface area contributed by atoms with Crippen LogP contribution in [0.5, 0.6) is 11.5 Å². The summed E-state index contributed by atoms with van der Waals surface area (Å²) in [5, 5.41) is 2.39. The van der Waals surface area contributed by atoms with Crippen LogP contribution in [0.15, 0.2) is 54.6 Å². The lowest BCUT2D eigenvalue weighted by atomic mass is 9.81. The van der Waals surface area contributed by atoms with Crippen molar-refractivity contribution < 1.29 is 14.3 Å². The summed E-state index contributed by atoms with van der Waals surface area (Å²) in [4.78, 5) is 14.3. The van der Waals surface area contributed by atoms with Gasteiger partial charge in [-0.05, 0) is 40.1 Å². The first-order chi connectivity index (χ1) is 12.2. The molecule has 4 nitrogen and oxygen atoms in total. The van der Waals surface area contributed by atoms with Crippen LogP contribution in [0.3, 0.4) is 0 Å². The van der Waals surface area contributed by atoms with Crippen molar-refractivity contribution in [2.75, 3.05) is 18.7 Å². The molecule has 1 atom stereocenters. The molecule has 5 rings (SSSR count). The van der Waals surface area contributed by atoms with Gasteiger partial charge in [0.15, 0.2) is 11.5 Å². The number of hydrogen-bond donors (Lipinski definition) is 0. The Bertz CT molecular complexity index is 1010. The van der Waals surface area contributed by atoms with E-state index in [0.717, 1.165) is 22.7 Å². The van der Waals surface area contributed by atoms with Gasteiger partial charge in [-0.1, -0.05) is 36.4 Å². The van der Waals surface area contributed by atoms with Gasteiger partial charge in [0.05, 0.1) is 0 Å². The van der Waals surface area contributed by atoms with Crippen molar-refractivity contribution in [2.45, 2.75) is 12.3 Å². The summed E-state index contributed by atoms with van der Waals surface area (Å²) < 4.78 is 11.0. The van der Waals surface area contributed by atoms with Crippen molar-refractivity contribution >= 4 is 22.4 Å². The minimum Gasteiger partial charge on any atom is -0.454 e. The van der Waals surface area contributed by atoms with Crippen LogP contribution >= 0.6 is 0 Å². The topological polar surface area (TPSA) is 38.8 Å². The van der Waals surface area contributed by atoms with E-state index in [-0.39, 0.29) is 18.6 Å². The standard InChI is InChI=1S/C21H17NO3/c1-22-17-8-6-13-4-2-3-5-15(13)21(17)16(11-20(22)23)14-7-9-18-19(10-14)25-12-24-18/h2-10,16H,11-12H2,1H3. The van der Waals surface area contributed by atoms with E-state index < -0.39 is 0 Å². The second-order valence-corrected chi connectivity index (χ2v) is 6.54. The fourth-order valence-corrected chi connectivity index (χ4v) is 3.91. The van der Waals surface area contributed by atoms with Crippen LogP contribution in [0.4, 0.5) is 5.69 Å². The minimum atomic E-state index is 0.0132. The van der Waals surface area contributed by atoms with E-state index in [4.69, 9.17) is 9.47 Å². The lowest BCUT2D eigenvalue weighted by Crippen LogP contribution is -2.33. The molecule has 3 aromatic rings. The quantitative estimate of drug-likeness (QED) is 0.675. The van der Waals surface area contributed by atoms with E-state index in [1.165, 1.54) is 16.3 Å². The normalized spacial score (nSPS) is 18.5. The molecule has 0 saturated carbocycles. The summed E-state index contributed by atoms with van der Waals surface area (Å²) in [6.07, 6.45) is 0.456. The number of benzene rings is 3. The molecule has 2 aliphatic rings. The maximum absolute atomic E-state index is 12.6. The molecule has 0 radical (unpaired) electrons. The second-order valence-electron chi connectivity index (χ2n) is 6.54. The van der Waals surface area contributed by atoms with Gasteiger partial charge in [-0.3, -0.25) is 4.79 Å². The molecular formula is C21H17NO3. The lowest BCUT2D eigenvalue weighted by molar-refractivity contribution is -0.118. The van der Waals surface area contributed by atoms with E-state index in [9.17, 15) is 4.79 Å². The van der Waals surface area contributed by atoms with Crippen molar-refractivity contribution in [1.29, 1.82) is 0 Å². The SMILES string of the molecule is CN1C(=O)CC(c2ccc3c(c2)OCO3)c2c1ccc1ccccc21. The van der Waals surface area contributed by atoms with Gasteiger partial charge in [0.1, 0.15) is 0 Å². The highest BCUT2D eigenvalue weighted by atomic mass is 16.7. The van der Waals surface area contributed by atoms with Crippen molar-refractivity contribution in [3.63, 3.8) is 0 Å². The highest BCUT2D eigenvalue weighted by molar-refractivity contribution is 6.02. The van der Waals surface area contributed by atoms with Crippen LogP contribution in [0.2, 0.25) is 0 Å². The third kappa shape index (κ3) is 2.10. The molecule has 0 saturated heterocycles. The number of rotatable bonds is 1. The average molecular weight is 331 g/mol. The summed E-state index contributed by atoms with van der Waals surface area (Å²) in [7, 11) is 1.85. The molecule has 0 aromatic heterocycles. The second kappa shape index (κ2) is 5.24. The maximum Gasteiger partial charge on any atom is 0.231 e. The molecule has 1 amide bonds. The molecule has 3 aromatic carbocycles. The van der Waals surface area contributed by atoms with Crippen molar-refractivity contribution in [3.8, 4) is 11.5 Å². The van der Waals surface area contributed by atoms with Gasteiger partial charge in [-0.2, -0.15) is 0 Å². The number of anilines is 1. The Morgan fingerprint density at radius 3 is 2.76 bits per heavy atom. The molecule has 0 aliphatic carbocycles. The zero-order chi connectivity index (χ0) is 17.0. The lowest BCUT2D eigenvalue weighted by Gasteiger charge is -2.33. The maximum atomic E-state index is 12.6. The van der Waals surface area contributed by atoms with Gasteiger partial charge in [0.2, 0.25) is 12.7 Å². The number of hydrogen-bond acceptors (Lipinski definition) is 3. The summed E-state index contributed by atoms with van der Waals surface area (Å²) in [5.74, 6) is 1.66. The first-order valence-electron chi connectivity index (χ1n) is 8.40. The third-order valence-corrected chi connectivity index (χ3v) is 5.21. The molecule has 0 fully saturated rings. The molecule has 0 bridgehead atoms. The Hall–Kier alpha value is -3.01. The van der Waals surface area contributed by atoms with Crippen LogP contribution in [-0.4, -0.2) is 19.7 Å². The van der Waals surface area contributed by atoms with Crippen LogP contribution in [0.25, 0.3) is 10.8 Å². The molecule has 0 spiro atoms. The van der Waals surface area contributed by atoms with E-state index in [1.54, 1.807) is 4.90 Å². The molecule has 2 heterocycles. The first kappa shape index (κ1) is 14.3. The summed E-state index contributed by atoms with van der Waals surface area (Å²) in [6.45, 7) is 0.255. The van der Waals surface area contributed by atoms with Gasteiger partial charge in [0.25, 0.3) is 0 Å². The highest BCUT2D eigenvalue weighted by Crippen LogP contribution is 2.45. The highest BCUT2D eigenvalue weighted by Gasteiger charge is 2.32. The van der Waals surface area contributed by atoms with Crippen molar-refractivity contribution in [3.05, 3.63) is 65.7 Å². The van der Waals surface area contributed by atoms with Gasteiger partial charge < -0.3 is 14.4 Å². The smallest absolute Gasteiger partial charge is 0.231 e.